The molecule has 0 atom stereocenters. The van der Waals surface area contributed by atoms with Crippen LogP contribution in [0.2, 0.25) is 5.02 Å². The fourth-order valence-electron chi connectivity index (χ4n) is 1.59. The maximum Gasteiger partial charge on any atom is 1.00 e. The predicted octanol–water partition coefficient (Wildman–Crippen LogP) is -1.05. The van der Waals surface area contributed by atoms with Crippen molar-refractivity contribution in [2.24, 2.45) is 0 Å². The van der Waals surface area contributed by atoms with E-state index in [1.165, 1.54) is 6.92 Å². The number of benzene rings is 1. The zero-order valence-corrected chi connectivity index (χ0v) is 15.5. The van der Waals surface area contributed by atoms with Crippen LogP contribution >= 0.6 is 11.6 Å². The van der Waals surface area contributed by atoms with Gasteiger partial charge in [-0.15, -0.1) is 0 Å². The van der Waals surface area contributed by atoms with E-state index in [4.69, 9.17) is 17.3 Å². The third-order valence-electron chi connectivity index (χ3n) is 2.75. The van der Waals surface area contributed by atoms with Gasteiger partial charge in [-0.3, -0.25) is 0 Å². The van der Waals surface area contributed by atoms with Gasteiger partial charge in [-0.1, -0.05) is 11.6 Å². The molecule has 2 rings (SSSR count). The molecular weight excluding hydrogens is 365 g/mol. The van der Waals surface area contributed by atoms with Crippen molar-refractivity contribution in [3.8, 4) is 0 Å². The first kappa shape index (κ1) is 20.0. The molecule has 0 saturated carbocycles. The van der Waals surface area contributed by atoms with Crippen LogP contribution in [0.15, 0.2) is 17.0 Å². The van der Waals surface area contributed by atoms with Crippen molar-refractivity contribution < 1.29 is 51.3 Å². The molecule has 2 aromatic rings. The van der Waals surface area contributed by atoms with Crippen LogP contribution in [0.1, 0.15) is 5.56 Å². The smallest absolute Gasteiger partial charge is 0.744 e. The molecule has 0 amide bonds. The molecule has 118 valence electrons. The SMILES string of the molecule is Cc1c(N)cc(S(=O)(=O)[O-])cc1Nc1nc(F)nc(F)c1Cl.[Na+]. The normalized spacial score (nSPS) is 11.0. The Bertz CT molecular complexity index is 867. The molecule has 7 nitrogen and oxygen atoms in total. The zero-order valence-electron chi connectivity index (χ0n) is 11.9. The van der Waals surface area contributed by atoms with Gasteiger partial charge >= 0.3 is 35.6 Å². The molecule has 0 aliphatic rings. The summed E-state index contributed by atoms with van der Waals surface area (Å²) in [6, 6.07) is 1.94. The van der Waals surface area contributed by atoms with Crippen molar-refractivity contribution in [2.45, 2.75) is 11.8 Å². The standard InChI is InChI=1S/C11H9ClF2N4O3S.Na/c1-4-6(15)2-5(22(19,20)21)3-7(4)16-10-8(12)9(13)17-11(14)18-10;/h2-3H,15H2,1H3,(H,16,17,18)(H,19,20,21);/q;+1/p-1. The minimum absolute atomic E-state index is 0. The molecule has 0 saturated heterocycles. The molecule has 3 N–H and O–H groups in total. The van der Waals surface area contributed by atoms with Gasteiger partial charge in [0.15, 0.2) is 5.82 Å². The molecule has 0 spiro atoms. The molecule has 1 aromatic carbocycles. The summed E-state index contributed by atoms with van der Waals surface area (Å²) in [5.74, 6) is -1.73. The number of nitrogens with two attached hydrogens (primary N) is 1. The van der Waals surface area contributed by atoms with E-state index in [-0.39, 0.29) is 40.9 Å². The molecule has 0 unspecified atom stereocenters. The largest absolute Gasteiger partial charge is 1.00 e. The molecule has 0 aliphatic carbocycles. The van der Waals surface area contributed by atoms with Crippen LogP contribution in [0.5, 0.6) is 0 Å². The van der Waals surface area contributed by atoms with Crippen LogP contribution in [-0.2, 0) is 10.1 Å². The topological polar surface area (TPSA) is 121 Å². The first-order valence-corrected chi connectivity index (χ1v) is 7.40. The van der Waals surface area contributed by atoms with E-state index in [0.717, 1.165) is 12.1 Å². The Labute approximate surface area is 157 Å². The van der Waals surface area contributed by atoms with Gasteiger partial charge in [0.25, 0.3) is 0 Å². The molecule has 1 aromatic heterocycles. The van der Waals surface area contributed by atoms with E-state index in [9.17, 15) is 21.8 Å². The number of rotatable bonds is 3. The van der Waals surface area contributed by atoms with Crippen molar-refractivity contribution >= 4 is 38.9 Å². The van der Waals surface area contributed by atoms with Gasteiger partial charge in [0.1, 0.15) is 15.1 Å². The Kier molecular flexibility index (Phi) is 6.30. The number of aromatic nitrogens is 2. The second kappa shape index (κ2) is 7.24. The van der Waals surface area contributed by atoms with Gasteiger partial charge in [-0.05, 0) is 24.6 Å². The van der Waals surface area contributed by atoms with Crippen LogP contribution in [0.4, 0.5) is 26.0 Å². The van der Waals surface area contributed by atoms with E-state index in [0.29, 0.717) is 5.56 Å². The van der Waals surface area contributed by atoms with Crippen molar-refractivity contribution in [1.29, 1.82) is 0 Å². The number of nitrogens with zero attached hydrogens (tertiary/aromatic N) is 2. The zero-order chi connectivity index (χ0) is 16.7. The Morgan fingerprint density at radius 1 is 1.30 bits per heavy atom. The molecule has 0 bridgehead atoms. The first-order chi connectivity index (χ1) is 10.1. The van der Waals surface area contributed by atoms with Crippen LogP contribution in [0.3, 0.4) is 0 Å². The van der Waals surface area contributed by atoms with Gasteiger partial charge in [0.2, 0.25) is 5.95 Å². The van der Waals surface area contributed by atoms with E-state index < -0.39 is 37.9 Å². The van der Waals surface area contributed by atoms with E-state index in [1.54, 1.807) is 0 Å². The van der Waals surface area contributed by atoms with E-state index >= 15 is 0 Å². The fourth-order valence-corrected chi connectivity index (χ4v) is 2.25. The van der Waals surface area contributed by atoms with Crippen molar-refractivity contribution in [2.75, 3.05) is 11.1 Å². The van der Waals surface area contributed by atoms with Crippen LogP contribution in [0, 0.1) is 18.9 Å². The number of hydrogen-bond donors (Lipinski definition) is 2. The Morgan fingerprint density at radius 2 is 1.91 bits per heavy atom. The van der Waals surface area contributed by atoms with Crippen LogP contribution in [0.25, 0.3) is 0 Å². The van der Waals surface area contributed by atoms with Crippen LogP contribution < -0.4 is 40.6 Å². The van der Waals surface area contributed by atoms with Gasteiger partial charge in [-0.25, -0.2) is 8.42 Å². The summed E-state index contributed by atoms with van der Waals surface area (Å²) in [4.78, 5) is 5.44. The minimum atomic E-state index is -4.77. The third-order valence-corrected chi connectivity index (χ3v) is 3.89. The summed E-state index contributed by atoms with van der Waals surface area (Å²) in [5.41, 5.74) is 5.95. The molecule has 23 heavy (non-hydrogen) atoms. The van der Waals surface area contributed by atoms with Gasteiger partial charge in [-0.2, -0.15) is 18.7 Å². The van der Waals surface area contributed by atoms with Crippen molar-refractivity contribution in [3.63, 3.8) is 0 Å². The summed E-state index contributed by atoms with van der Waals surface area (Å²) >= 11 is 5.60. The summed E-state index contributed by atoms with van der Waals surface area (Å²) in [7, 11) is -4.77. The van der Waals surface area contributed by atoms with E-state index in [1.807, 2.05) is 0 Å². The fraction of sp³-hybridized carbons (Fsp3) is 0.0909. The third kappa shape index (κ3) is 4.49. The maximum atomic E-state index is 13.3. The van der Waals surface area contributed by atoms with Crippen molar-refractivity contribution in [3.05, 3.63) is 34.7 Å². The molecule has 0 aliphatic heterocycles. The van der Waals surface area contributed by atoms with Crippen molar-refractivity contribution in [1.82, 2.24) is 9.97 Å². The Morgan fingerprint density at radius 3 is 2.48 bits per heavy atom. The molecule has 0 radical (unpaired) electrons. The summed E-state index contributed by atoms with van der Waals surface area (Å²) in [6.07, 6.45) is -1.37. The van der Waals surface area contributed by atoms with Crippen LogP contribution in [-0.4, -0.2) is 22.9 Å². The quantitative estimate of drug-likeness (QED) is 0.232. The predicted molar refractivity (Wildman–Crippen MR) is 73.8 cm³/mol. The monoisotopic (exact) mass is 372 g/mol. The molecule has 0 fully saturated rings. The molecule has 12 heteroatoms. The van der Waals surface area contributed by atoms with Gasteiger partial charge in [0, 0.05) is 11.4 Å². The Balaban J connectivity index is 0.00000264. The second-order valence-electron chi connectivity index (χ2n) is 4.21. The average molecular weight is 373 g/mol. The number of halogens is 3. The first-order valence-electron chi connectivity index (χ1n) is 5.61. The number of anilines is 3. The minimum Gasteiger partial charge on any atom is -0.744 e. The van der Waals surface area contributed by atoms with Gasteiger partial charge < -0.3 is 15.6 Å². The average Bonchev–Trinajstić information content (AvgIpc) is 2.39. The number of nitrogen functional groups attached to an aromatic ring is 1. The Hall–Kier alpha value is -1.04. The van der Waals surface area contributed by atoms with Gasteiger partial charge in [0.05, 0.1) is 4.90 Å². The molecule has 1 heterocycles. The maximum absolute atomic E-state index is 13.3. The molecular formula is C11H8ClF2N4NaO3S. The summed E-state index contributed by atoms with van der Waals surface area (Å²) < 4.78 is 59.5. The second-order valence-corrected chi connectivity index (χ2v) is 5.97. The number of hydrogen-bond acceptors (Lipinski definition) is 7. The number of nitrogens with one attached hydrogen (secondary N) is 1. The summed E-state index contributed by atoms with van der Waals surface area (Å²) in [5, 5.41) is 1.83. The van der Waals surface area contributed by atoms with E-state index in [2.05, 4.69) is 15.3 Å². The summed E-state index contributed by atoms with van der Waals surface area (Å²) in [6.45, 7) is 1.50.